The molecule has 0 aliphatic carbocycles. The van der Waals surface area contributed by atoms with Crippen LogP contribution in [0.3, 0.4) is 0 Å². The highest BCUT2D eigenvalue weighted by Gasteiger charge is 2.22. The van der Waals surface area contributed by atoms with E-state index in [1.165, 1.54) is 0 Å². The predicted octanol–water partition coefficient (Wildman–Crippen LogP) is 11.0. The largest absolute Gasteiger partial charge is 0.308 e. The molecule has 9 aromatic rings. The molecule has 4 nitrogen and oxygen atoms in total. The minimum atomic E-state index is -0.476. The molecule has 0 atom stereocenters. The molecule has 9 rings (SSSR count). The van der Waals surface area contributed by atoms with Crippen molar-refractivity contribution in [3.63, 3.8) is 0 Å². The molecule has 0 bridgehead atoms. The molecule has 0 amide bonds. The molecule has 0 aliphatic rings. The lowest BCUT2D eigenvalue weighted by Gasteiger charge is -2.16. The predicted molar refractivity (Wildman–Crippen MR) is 195 cm³/mol. The second kappa shape index (κ2) is 10.9. The van der Waals surface area contributed by atoms with Gasteiger partial charge in [0.1, 0.15) is 12.1 Å². The van der Waals surface area contributed by atoms with Crippen LogP contribution < -0.4 is 0 Å². The minimum absolute atomic E-state index is 0.0742. The monoisotopic (exact) mass is 620 g/mol. The van der Waals surface area contributed by atoms with E-state index in [1.54, 1.807) is 48.5 Å². The van der Waals surface area contributed by atoms with Gasteiger partial charge in [0.05, 0.1) is 58.3 Å². The van der Waals surface area contributed by atoms with Gasteiger partial charge in [-0.1, -0.05) is 109 Å². The lowest BCUT2D eigenvalue weighted by Crippen LogP contribution is -2.05. The van der Waals surface area contributed by atoms with Crippen LogP contribution in [-0.2, 0) is 0 Å². The fourth-order valence-corrected chi connectivity index (χ4v) is 6.74. The Hall–Kier alpha value is -6.88. The molecule has 0 N–H and O–H groups in total. The van der Waals surface area contributed by atoms with Gasteiger partial charge in [-0.25, -0.2) is 0 Å². The maximum atomic E-state index is 10.8. The first kappa shape index (κ1) is 18.9. The van der Waals surface area contributed by atoms with Gasteiger partial charge in [0.25, 0.3) is 0 Å². The zero-order valence-corrected chi connectivity index (χ0v) is 25.0. The Balaban J connectivity index is 1.27. The third-order valence-electron chi connectivity index (χ3n) is 8.79. The van der Waals surface area contributed by atoms with Crippen LogP contribution in [0.5, 0.6) is 0 Å². The summed E-state index contributed by atoms with van der Waals surface area (Å²) < 4.78 is 87.0. The molecular weight excluding hydrogens is 585 g/mol. The number of aromatic nitrogens is 2. The number of nitriles is 2. The zero-order valence-electron chi connectivity index (χ0n) is 35.0. The van der Waals surface area contributed by atoms with E-state index in [-0.39, 0.29) is 46.4 Å². The van der Waals surface area contributed by atoms with Gasteiger partial charge in [-0.15, -0.1) is 0 Å². The van der Waals surface area contributed by atoms with Crippen molar-refractivity contribution in [3.05, 3.63) is 169 Å². The van der Waals surface area contributed by atoms with Gasteiger partial charge in [0.2, 0.25) is 0 Å². The third kappa shape index (κ3) is 4.07. The van der Waals surface area contributed by atoms with Gasteiger partial charge in [-0.05, 0) is 70.8 Å². The van der Waals surface area contributed by atoms with Gasteiger partial charge < -0.3 is 9.13 Å². The summed E-state index contributed by atoms with van der Waals surface area (Å²) in [6.45, 7) is 0. The molecular formula is C44H26N4. The van der Waals surface area contributed by atoms with Gasteiger partial charge in [-0.3, -0.25) is 0 Å². The number of hydrogen-bond donors (Lipinski definition) is 0. The van der Waals surface area contributed by atoms with Crippen molar-refractivity contribution in [2.45, 2.75) is 0 Å². The van der Waals surface area contributed by atoms with E-state index in [4.69, 9.17) is 13.7 Å². The number of nitrogens with zero attached hydrogens (tertiary/aromatic N) is 4. The second-order valence-electron chi connectivity index (χ2n) is 11.2. The van der Waals surface area contributed by atoms with Crippen molar-refractivity contribution in [1.82, 2.24) is 9.13 Å². The highest BCUT2D eigenvalue weighted by atomic mass is 15.0. The maximum absolute atomic E-state index is 10.8. The Bertz CT molecular complexity index is 3110. The van der Waals surface area contributed by atoms with Crippen LogP contribution in [-0.4, -0.2) is 9.13 Å². The Morgan fingerprint density at radius 2 is 0.812 bits per heavy atom. The fraction of sp³-hybridized carbons (Fsp3) is 0. The summed E-state index contributed by atoms with van der Waals surface area (Å²) in [6.07, 6.45) is 0. The highest BCUT2D eigenvalue weighted by molar-refractivity contribution is 6.12. The van der Waals surface area contributed by atoms with Crippen molar-refractivity contribution >= 4 is 43.6 Å². The summed E-state index contributed by atoms with van der Waals surface area (Å²) in [6, 6.07) is 29.8. The molecule has 7 aromatic carbocycles. The molecule has 222 valence electrons. The van der Waals surface area contributed by atoms with Crippen LogP contribution in [0, 0.1) is 22.7 Å². The molecule has 4 heteroatoms. The van der Waals surface area contributed by atoms with E-state index < -0.39 is 36.3 Å². The SMILES string of the molecule is [2H]c1c([2H])c([2H])c(-c2ccc3c(c2)c2ccccc2n3-c2ccc(-n3c4ccccc4c4cc(-c5c([2H])c([2H])c([2H])c([2H])c5[2H])ccc43)c(C#N)c2C#N)c([2H])c1[2H]. The van der Waals surface area contributed by atoms with E-state index in [1.807, 2.05) is 57.7 Å². The molecule has 0 spiro atoms. The number of rotatable bonds is 4. The highest BCUT2D eigenvalue weighted by Crippen LogP contribution is 2.39. The lowest BCUT2D eigenvalue weighted by atomic mass is 10.0. The van der Waals surface area contributed by atoms with E-state index in [9.17, 15) is 10.5 Å². The summed E-state index contributed by atoms with van der Waals surface area (Å²) in [7, 11) is 0. The number of benzene rings is 7. The Morgan fingerprint density at radius 3 is 1.23 bits per heavy atom. The first-order chi connectivity index (χ1) is 27.9. The molecule has 48 heavy (non-hydrogen) atoms. The normalized spacial score (nSPS) is 14.2. The van der Waals surface area contributed by atoms with Gasteiger partial charge in [0, 0.05) is 21.5 Å². The smallest absolute Gasteiger partial charge is 0.103 e. The van der Waals surface area contributed by atoms with Crippen LogP contribution >= 0.6 is 0 Å². The van der Waals surface area contributed by atoms with Crippen molar-refractivity contribution < 1.29 is 13.7 Å². The average molecular weight is 621 g/mol. The van der Waals surface area contributed by atoms with Crippen molar-refractivity contribution in [3.8, 4) is 45.8 Å². The zero-order chi connectivity index (χ0) is 40.9. The standard InChI is InChI=1S/C44H26N4/c45-27-37-38(28-46)44(48-40-18-10-8-16-34(40)36-26-32(20-22-42(36)48)30-13-5-2-6-14-30)24-23-43(37)47-39-17-9-7-15-33(39)35-25-31(19-21-41(35)47)29-11-3-1-4-12-29/h1-26H/i1D,2D,3D,4D,5D,6D,11D,12D,13D,14D. The minimum Gasteiger partial charge on any atom is -0.308 e. The third-order valence-corrected chi connectivity index (χ3v) is 8.79. The molecule has 0 radical (unpaired) electrons. The van der Waals surface area contributed by atoms with Crippen molar-refractivity contribution in [2.75, 3.05) is 0 Å². The first-order valence-electron chi connectivity index (χ1n) is 20.1. The summed E-state index contributed by atoms with van der Waals surface area (Å²) in [4.78, 5) is 0. The van der Waals surface area contributed by atoms with E-state index in [0.29, 0.717) is 44.3 Å². The van der Waals surface area contributed by atoms with Gasteiger partial charge >= 0.3 is 0 Å². The molecule has 0 unspecified atom stereocenters. The quantitative estimate of drug-likeness (QED) is 0.197. The Labute approximate surface area is 291 Å². The lowest BCUT2D eigenvalue weighted by molar-refractivity contribution is 1.12. The van der Waals surface area contributed by atoms with Crippen molar-refractivity contribution in [1.29, 1.82) is 10.5 Å². The van der Waals surface area contributed by atoms with Crippen LogP contribution in [0.15, 0.2) is 157 Å². The summed E-state index contributed by atoms with van der Waals surface area (Å²) in [5.74, 6) is 0. The Kier molecular flexibility index (Phi) is 4.29. The molecule has 0 saturated carbocycles. The van der Waals surface area contributed by atoms with Gasteiger partial charge in [-0.2, -0.15) is 10.5 Å². The number of fused-ring (bicyclic) bond motifs is 6. The second-order valence-corrected chi connectivity index (χ2v) is 11.2. The van der Waals surface area contributed by atoms with Gasteiger partial charge in [0.15, 0.2) is 0 Å². The summed E-state index contributed by atoms with van der Waals surface area (Å²) in [5.41, 5.74) is 4.90. The summed E-state index contributed by atoms with van der Waals surface area (Å²) in [5, 5.41) is 24.7. The van der Waals surface area contributed by atoms with Crippen LogP contribution in [0.25, 0.3) is 77.2 Å². The topological polar surface area (TPSA) is 57.4 Å². The molecule has 2 heterocycles. The molecule has 0 saturated heterocycles. The van der Waals surface area contributed by atoms with E-state index in [0.717, 1.165) is 21.8 Å². The van der Waals surface area contributed by atoms with E-state index >= 15 is 0 Å². The van der Waals surface area contributed by atoms with E-state index in [2.05, 4.69) is 12.1 Å². The Morgan fingerprint density at radius 1 is 0.417 bits per heavy atom. The van der Waals surface area contributed by atoms with Crippen LogP contribution in [0.2, 0.25) is 0 Å². The summed E-state index contributed by atoms with van der Waals surface area (Å²) >= 11 is 0. The molecule has 0 fully saturated rings. The molecule has 0 aliphatic heterocycles. The first-order valence-corrected chi connectivity index (χ1v) is 15.1. The van der Waals surface area contributed by atoms with Crippen LogP contribution in [0.1, 0.15) is 24.8 Å². The molecule has 2 aromatic heterocycles. The average Bonchev–Trinajstić information content (AvgIpc) is 3.75. The maximum Gasteiger partial charge on any atom is 0.103 e. The van der Waals surface area contributed by atoms with Crippen molar-refractivity contribution in [2.24, 2.45) is 0 Å². The number of hydrogen-bond acceptors (Lipinski definition) is 2. The fourth-order valence-electron chi connectivity index (χ4n) is 6.74. The van der Waals surface area contributed by atoms with Crippen LogP contribution in [0.4, 0.5) is 0 Å². The number of para-hydroxylation sites is 2.